The molecule has 166 valence electrons. The average Bonchev–Trinajstić information content (AvgIpc) is 3.46. The smallest absolute Gasteiger partial charge is 0.251 e. The molecule has 6 heteroatoms. The fourth-order valence-electron chi connectivity index (χ4n) is 4.36. The molecule has 1 aliphatic rings. The van der Waals surface area contributed by atoms with Crippen LogP contribution >= 0.6 is 0 Å². The van der Waals surface area contributed by atoms with E-state index in [4.69, 9.17) is 4.52 Å². The van der Waals surface area contributed by atoms with Crippen molar-refractivity contribution in [1.29, 1.82) is 0 Å². The number of likely N-dealkylation sites (tertiary alicyclic amines) is 1. The van der Waals surface area contributed by atoms with Crippen LogP contribution < -0.4 is 5.32 Å². The first-order valence-electron chi connectivity index (χ1n) is 11.2. The number of carbonyl (C=O) groups excluding carboxylic acids is 1. The lowest BCUT2D eigenvalue weighted by Gasteiger charge is -2.14. The van der Waals surface area contributed by atoms with E-state index < -0.39 is 0 Å². The van der Waals surface area contributed by atoms with E-state index in [9.17, 15) is 4.79 Å². The highest BCUT2D eigenvalue weighted by Gasteiger charge is 2.35. The highest BCUT2D eigenvalue weighted by molar-refractivity contribution is 5.94. The van der Waals surface area contributed by atoms with Gasteiger partial charge in [0.15, 0.2) is 5.82 Å². The zero-order chi connectivity index (χ0) is 22.6. The molecule has 2 heterocycles. The van der Waals surface area contributed by atoms with Crippen LogP contribution in [0.5, 0.6) is 0 Å². The van der Waals surface area contributed by atoms with Gasteiger partial charge in [0, 0.05) is 24.6 Å². The minimum absolute atomic E-state index is 0.00669. The predicted octanol–water partition coefficient (Wildman–Crippen LogP) is 4.50. The first kappa shape index (κ1) is 21.1. The van der Waals surface area contributed by atoms with Gasteiger partial charge in [0.2, 0.25) is 5.89 Å². The van der Waals surface area contributed by atoms with Gasteiger partial charge in [-0.1, -0.05) is 78.0 Å². The lowest BCUT2D eigenvalue weighted by Crippen LogP contribution is -2.36. The summed E-state index contributed by atoms with van der Waals surface area (Å²) < 4.78 is 5.57. The lowest BCUT2D eigenvalue weighted by molar-refractivity contribution is 0.0938. The summed E-state index contributed by atoms with van der Waals surface area (Å²) >= 11 is 0. The molecule has 5 rings (SSSR count). The fraction of sp³-hybridized carbons (Fsp3) is 0.222. The summed E-state index contributed by atoms with van der Waals surface area (Å²) in [6, 6.07) is 28.0. The fourth-order valence-corrected chi connectivity index (χ4v) is 4.36. The second kappa shape index (κ2) is 9.38. The van der Waals surface area contributed by atoms with E-state index >= 15 is 0 Å². The standard InChI is InChI=1S/C27H26N4O2/c1-31-18-23(17-24(31)27-29-25(30-33-27)16-19-8-4-2-5-9-19)28-26(32)22-14-12-21(13-15-22)20-10-6-3-7-11-20/h2-15,23-24H,16-18H2,1H3,(H,28,32)/t23-,24-/m0/s1. The van der Waals surface area contributed by atoms with Crippen LogP contribution in [0, 0.1) is 0 Å². The van der Waals surface area contributed by atoms with Crippen molar-refractivity contribution in [3.8, 4) is 11.1 Å². The predicted molar refractivity (Wildman–Crippen MR) is 127 cm³/mol. The van der Waals surface area contributed by atoms with Crippen molar-refractivity contribution < 1.29 is 9.32 Å². The van der Waals surface area contributed by atoms with Crippen LogP contribution in [0.3, 0.4) is 0 Å². The molecule has 6 nitrogen and oxygen atoms in total. The molecule has 3 aromatic carbocycles. The monoisotopic (exact) mass is 438 g/mol. The third kappa shape index (κ3) is 4.86. The Hall–Kier alpha value is -3.77. The molecule has 33 heavy (non-hydrogen) atoms. The largest absolute Gasteiger partial charge is 0.348 e. The number of aromatic nitrogens is 2. The normalized spacial score (nSPS) is 18.3. The van der Waals surface area contributed by atoms with Crippen molar-refractivity contribution in [2.24, 2.45) is 0 Å². The van der Waals surface area contributed by atoms with Crippen molar-refractivity contribution in [1.82, 2.24) is 20.4 Å². The van der Waals surface area contributed by atoms with Gasteiger partial charge >= 0.3 is 0 Å². The Balaban J connectivity index is 1.20. The number of hydrogen-bond donors (Lipinski definition) is 1. The maximum atomic E-state index is 12.8. The molecule has 0 bridgehead atoms. The zero-order valence-electron chi connectivity index (χ0n) is 18.5. The van der Waals surface area contributed by atoms with Crippen molar-refractivity contribution in [3.63, 3.8) is 0 Å². The second-order valence-electron chi connectivity index (χ2n) is 8.52. The Kier molecular flexibility index (Phi) is 6.00. The van der Waals surface area contributed by atoms with E-state index in [-0.39, 0.29) is 18.0 Å². The topological polar surface area (TPSA) is 71.3 Å². The zero-order valence-corrected chi connectivity index (χ0v) is 18.5. The maximum absolute atomic E-state index is 12.8. The molecule has 1 aliphatic heterocycles. The van der Waals surface area contributed by atoms with E-state index in [2.05, 4.69) is 44.6 Å². The van der Waals surface area contributed by atoms with Crippen molar-refractivity contribution in [3.05, 3.63) is 108 Å². The molecule has 0 unspecified atom stereocenters. The van der Waals surface area contributed by atoms with Crippen molar-refractivity contribution in [2.45, 2.75) is 24.9 Å². The number of nitrogens with one attached hydrogen (secondary N) is 1. The molecule has 0 spiro atoms. The van der Waals surface area contributed by atoms with Gasteiger partial charge in [-0.15, -0.1) is 0 Å². The molecular weight excluding hydrogens is 412 g/mol. The van der Waals surface area contributed by atoms with E-state index in [0.29, 0.717) is 23.7 Å². The molecule has 0 saturated carbocycles. The van der Waals surface area contributed by atoms with Crippen LogP contribution in [-0.4, -0.2) is 40.6 Å². The van der Waals surface area contributed by atoms with Crippen LogP contribution in [0.1, 0.15) is 40.1 Å². The Labute approximate surface area is 193 Å². The number of amides is 1. The van der Waals surface area contributed by atoms with Crippen molar-refractivity contribution >= 4 is 5.91 Å². The minimum Gasteiger partial charge on any atom is -0.348 e. The number of hydrogen-bond acceptors (Lipinski definition) is 5. The van der Waals surface area contributed by atoms with Crippen LogP contribution in [0.25, 0.3) is 11.1 Å². The number of rotatable bonds is 6. The highest BCUT2D eigenvalue weighted by Crippen LogP contribution is 2.30. The minimum atomic E-state index is -0.0658. The SMILES string of the molecule is CN1C[C@@H](NC(=O)c2ccc(-c3ccccc3)cc2)C[C@H]1c1nc(Cc2ccccc2)no1. The first-order valence-corrected chi connectivity index (χ1v) is 11.2. The molecule has 2 atom stereocenters. The van der Waals surface area contributed by atoms with E-state index in [1.165, 1.54) is 0 Å². The van der Waals surface area contributed by atoms with Gasteiger partial charge in [0.25, 0.3) is 5.91 Å². The summed E-state index contributed by atoms with van der Waals surface area (Å²) in [5.74, 6) is 1.21. The molecule has 4 aromatic rings. The van der Waals surface area contributed by atoms with E-state index in [1.807, 2.05) is 67.7 Å². The quantitative estimate of drug-likeness (QED) is 0.480. The van der Waals surface area contributed by atoms with Gasteiger partial charge in [-0.2, -0.15) is 4.98 Å². The van der Waals surface area contributed by atoms with Crippen LogP contribution in [0.4, 0.5) is 0 Å². The number of benzene rings is 3. The number of carbonyl (C=O) groups is 1. The third-order valence-corrected chi connectivity index (χ3v) is 6.11. The van der Waals surface area contributed by atoms with Crippen LogP contribution in [0.15, 0.2) is 89.5 Å². The molecule has 1 N–H and O–H groups in total. The molecule has 1 fully saturated rings. The highest BCUT2D eigenvalue weighted by atomic mass is 16.5. The van der Waals surface area contributed by atoms with E-state index in [0.717, 1.165) is 29.7 Å². The van der Waals surface area contributed by atoms with Gasteiger partial charge in [0.05, 0.1) is 6.04 Å². The molecule has 0 aliphatic carbocycles. The van der Waals surface area contributed by atoms with Gasteiger partial charge in [0.1, 0.15) is 0 Å². The summed E-state index contributed by atoms with van der Waals surface area (Å²) in [6.45, 7) is 0.731. The summed E-state index contributed by atoms with van der Waals surface area (Å²) in [6.07, 6.45) is 1.37. The van der Waals surface area contributed by atoms with Crippen molar-refractivity contribution in [2.75, 3.05) is 13.6 Å². The Morgan fingerprint density at radius 3 is 2.36 bits per heavy atom. The summed E-state index contributed by atoms with van der Waals surface area (Å²) in [7, 11) is 2.02. The summed E-state index contributed by atoms with van der Waals surface area (Å²) in [5.41, 5.74) is 4.03. The van der Waals surface area contributed by atoms with Gasteiger partial charge < -0.3 is 9.84 Å². The Morgan fingerprint density at radius 1 is 0.970 bits per heavy atom. The summed E-state index contributed by atoms with van der Waals surface area (Å²) in [4.78, 5) is 19.6. The first-order chi connectivity index (χ1) is 16.2. The maximum Gasteiger partial charge on any atom is 0.251 e. The van der Waals surface area contributed by atoms with Gasteiger partial charge in [-0.3, -0.25) is 9.69 Å². The summed E-state index contributed by atoms with van der Waals surface area (Å²) in [5, 5.41) is 7.32. The molecule has 1 amide bonds. The van der Waals surface area contributed by atoms with E-state index in [1.54, 1.807) is 0 Å². The lowest BCUT2D eigenvalue weighted by atomic mass is 10.0. The van der Waals surface area contributed by atoms with Gasteiger partial charge in [-0.25, -0.2) is 0 Å². The van der Waals surface area contributed by atoms with Gasteiger partial charge in [-0.05, 0) is 42.3 Å². The van der Waals surface area contributed by atoms with Crippen LogP contribution in [0.2, 0.25) is 0 Å². The average molecular weight is 439 g/mol. The Bertz CT molecular complexity index is 1210. The number of nitrogens with zero attached hydrogens (tertiary/aromatic N) is 3. The second-order valence-corrected chi connectivity index (χ2v) is 8.52. The molecule has 0 radical (unpaired) electrons. The van der Waals surface area contributed by atoms with Crippen LogP contribution in [-0.2, 0) is 6.42 Å². The molecular formula is C27H26N4O2. The Morgan fingerprint density at radius 2 is 1.64 bits per heavy atom. The molecule has 1 saturated heterocycles. The number of likely N-dealkylation sites (N-methyl/N-ethyl adjacent to an activating group) is 1. The third-order valence-electron chi connectivity index (χ3n) is 6.11. The molecule has 1 aromatic heterocycles.